The van der Waals surface area contributed by atoms with Gasteiger partial charge in [-0.3, -0.25) is 4.79 Å². The van der Waals surface area contributed by atoms with Crippen LogP contribution in [0.2, 0.25) is 0 Å². The summed E-state index contributed by atoms with van der Waals surface area (Å²) in [5.41, 5.74) is -2.53. The highest BCUT2D eigenvalue weighted by Gasteiger charge is 2.32. The minimum Gasteiger partial charge on any atom is -0.346 e. The number of carbonyl (C=O) groups is 1. The van der Waals surface area contributed by atoms with E-state index in [0.29, 0.717) is 24.6 Å². The van der Waals surface area contributed by atoms with E-state index in [4.69, 9.17) is 11.6 Å². The summed E-state index contributed by atoms with van der Waals surface area (Å²) < 4.78 is 51.2. The topological polar surface area (TPSA) is 29.1 Å². The predicted octanol–water partition coefficient (Wildman–Crippen LogP) is 3.98. The number of hydrogen-bond donors (Lipinski definition) is 1. The molecule has 0 spiro atoms. The molecule has 1 rings (SSSR count). The Balaban J connectivity index is 3.10. The summed E-state index contributed by atoms with van der Waals surface area (Å²) in [6.45, 7) is 3.38. The lowest BCUT2D eigenvalue weighted by Crippen LogP contribution is -2.47. The van der Waals surface area contributed by atoms with Crippen molar-refractivity contribution in [2.24, 2.45) is 0 Å². The fourth-order valence-electron chi connectivity index (χ4n) is 1.43. The van der Waals surface area contributed by atoms with Crippen molar-refractivity contribution < 1.29 is 22.4 Å². The molecule has 0 bridgehead atoms. The Kier molecular flexibility index (Phi) is 5.02. The van der Waals surface area contributed by atoms with E-state index in [1.807, 2.05) is 0 Å². The van der Waals surface area contributed by atoms with Crippen LogP contribution in [0.3, 0.4) is 0 Å². The van der Waals surface area contributed by atoms with Gasteiger partial charge >= 0.3 is 6.18 Å². The first-order valence-corrected chi connectivity index (χ1v) is 6.41. The van der Waals surface area contributed by atoms with Crippen molar-refractivity contribution >= 4 is 17.5 Å². The molecule has 1 unspecified atom stereocenters. The van der Waals surface area contributed by atoms with Gasteiger partial charge in [-0.15, -0.1) is 11.6 Å². The van der Waals surface area contributed by atoms with E-state index in [1.54, 1.807) is 13.8 Å². The van der Waals surface area contributed by atoms with E-state index in [2.05, 4.69) is 5.32 Å². The SMILES string of the molecule is CCC(C)(CCl)NC(=O)c1cc(C(F)(F)F)ccc1F. The lowest BCUT2D eigenvalue weighted by molar-refractivity contribution is -0.137. The van der Waals surface area contributed by atoms with Gasteiger partial charge in [0.05, 0.1) is 16.7 Å². The van der Waals surface area contributed by atoms with Crippen LogP contribution in [0.5, 0.6) is 0 Å². The molecular formula is C13H14ClF4NO. The lowest BCUT2D eigenvalue weighted by atomic mass is 10.0. The number of halogens is 5. The molecule has 7 heteroatoms. The predicted molar refractivity (Wildman–Crippen MR) is 68.3 cm³/mol. The van der Waals surface area contributed by atoms with E-state index in [1.165, 1.54) is 0 Å². The number of amides is 1. The van der Waals surface area contributed by atoms with E-state index in [9.17, 15) is 22.4 Å². The van der Waals surface area contributed by atoms with Crippen LogP contribution in [-0.4, -0.2) is 17.3 Å². The Labute approximate surface area is 119 Å². The van der Waals surface area contributed by atoms with Crippen LogP contribution in [0.1, 0.15) is 36.2 Å². The van der Waals surface area contributed by atoms with E-state index >= 15 is 0 Å². The van der Waals surface area contributed by atoms with Crippen LogP contribution < -0.4 is 5.32 Å². The van der Waals surface area contributed by atoms with Gasteiger partial charge in [-0.25, -0.2) is 4.39 Å². The Morgan fingerprint density at radius 1 is 1.35 bits per heavy atom. The first-order chi connectivity index (χ1) is 9.13. The van der Waals surface area contributed by atoms with Gasteiger partial charge in [-0.2, -0.15) is 13.2 Å². The lowest BCUT2D eigenvalue weighted by Gasteiger charge is -2.27. The van der Waals surface area contributed by atoms with E-state index in [-0.39, 0.29) is 5.88 Å². The number of hydrogen-bond acceptors (Lipinski definition) is 1. The summed E-state index contributed by atoms with van der Waals surface area (Å²) in [5, 5.41) is 2.45. The minimum atomic E-state index is -4.64. The Morgan fingerprint density at radius 3 is 2.40 bits per heavy atom. The molecule has 1 aromatic carbocycles. The van der Waals surface area contributed by atoms with Crippen LogP contribution in [0, 0.1) is 5.82 Å². The molecule has 0 aliphatic rings. The summed E-state index contributed by atoms with van der Waals surface area (Å²) in [4.78, 5) is 11.9. The van der Waals surface area contributed by atoms with Crippen molar-refractivity contribution in [3.05, 3.63) is 35.1 Å². The molecule has 0 fully saturated rings. The van der Waals surface area contributed by atoms with Crippen LogP contribution in [-0.2, 0) is 6.18 Å². The second kappa shape index (κ2) is 5.99. The van der Waals surface area contributed by atoms with Gasteiger partial charge in [0.25, 0.3) is 5.91 Å². The molecule has 20 heavy (non-hydrogen) atoms. The normalized spacial score (nSPS) is 14.8. The Morgan fingerprint density at radius 2 is 1.95 bits per heavy atom. The zero-order valence-corrected chi connectivity index (χ0v) is 11.7. The standard InChI is InChI=1S/C13H14ClF4NO/c1-3-12(2,7-14)19-11(20)9-6-8(13(16,17)18)4-5-10(9)15/h4-6H,3,7H2,1-2H3,(H,19,20). The second-order valence-corrected chi connectivity index (χ2v) is 4.96. The fraction of sp³-hybridized carbons (Fsp3) is 0.462. The Bertz CT molecular complexity index is 498. The molecule has 0 aliphatic carbocycles. The molecule has 1 aromatic rings. The van der Waals surface area contributed by atoms with Crippen LogP contribution in [0.15, 0.2) is 18.2 Å². The molecule has 1 amide bonds. The summed E-state index contributed by atoms with van der Waals surface area (Å²) in [6.07, 6.45) is -4.17. The van der Waals surface area contributed by atoms with Crippen molar-refractivity contribution in [1.82, 2.24) is 5.32 Å². The monoisotopic (exact) mass is 311 g/mol. The third-order valence-electron chi connectivity index (χ3n) is 3.03. The fourth-order valence-corrected chi connectivity index (χ4v) is 1.69. The van der Waals surface area contributed by atoms with Crippen molar-refractivity contribution in [1.29, 1.82) is 0 Å². The van der Waals surface area contributed by atoms with Crippen molar-refractivity contribution in [3.63, 3.8) is 0 Å². The molecule has 1 atom stereocenters. The van der Waals surface area contributed by atoms with Crippen LogP contribution in [0.25, 0.3) is 0 Å². The average Bonchev–Trinajstić information content (AvgIpc) is 2.37. The van der Waals surface area contributed by atoms with Gasteiger partial charge in [0, 0.05) is 5.88 Å². The van der Waals surface area contributed by atoms with E-state index < -0.39 is 34.6 Å². The highest BCUT2D eigenvalue weighted by molar-refractivity contribution is 6.18. The summed E-state index contributed by atoms with van der Waals surface area (Å²) in [5.74, 6) is -1.86. The van der Waals surface area contributed by atoms with Gasteiger partial charge in [-0.05, 0) is 31.5 Å². The smallest absolute Gasteiger partial charge is 0.346 e. The van der Waals surface area contributed by atoms with Gasteiger partial charge in [-0.1, -0.05) is 6.92 Å². The molecule has 0 aliphatic heterocycles. The zero-order valence-electron chi connectivity index (χ0n) is 10.9. The molecule has 0 heterocycles. The highest BCUT2D eigenvalue weighted by Crippen LogP contribution is 2.30. The first kappa shape index (κ1) is 16.8. The molecule has 0 saturated carbocycles. The van der Waals surface area contributed by atoms with Crippen molar-refractivity contribution in [2.75, 3.05) is 5.88 Å². The van der Waals surface area contributed by atoms with Gasteiger partial charge in [0.1, 0.15) is 5.82 Å². The maximum absolute atomic E-state index is 13.5. The zero-order chi connectivity index (χ0) is 15.6. The number of benzene rings is 1. The van der Waals surface area contributed by atoms with Crippen molar-refractivity contribution in [2.45, 2.75) is 32.0 Å². The van der Waals surface area contributed by atoms with E-state index in [0.717, 1.165) is 0 Å². The summed E-state index contributed by atoms with van der Waals surface area (Å²) in [7, 11) is 0. The summed E-state index contributed by atoms with van der Waals surface area (Å²) in [6, 6.07) is 1.71. The third kappa shape index (κ3) is 3.85. The maximum Gasteiger partial charge on any atom is 0.416 e. The first-order valence-electron chi connectivity index (χ1n) is 5.88. The number of carbonyl (C=O) groups excluding carboxylic acids is 1. The van der Waals surface area contributed by atoms with Gasteiger partial charge < -0.3 is 5.32 Å². The molecule has 0 aromatic heterocycles. The minimum absolute atomic E-state index is 0.0653. The molecule has 0 radical (unpaired) electrons. The van der Waals surface area contributed by atoms with Gasteiger partial charge in [0.2, 0.25) is 0 Å². The largest absolute Gasteiger partial charge is 0.416 e. The molecule has 112 valence electrons. The van der Waals surface area contributed by atoms with Crippen molar-refractivity contribution in [3.8, 4) is 0 Å². The Hall–Kier alpha value is -1.30. The number of nitrogens with one attached hydrogen (secondary N) is 1. The molecular weight excluding hydrogens is 298 g/mol. The number of alkyl halides is 4. The van der Waals surface area contributed by atoms with Gasteiger partial charge in [0.15, 0.2) is 0 Å². The molecule has 2 nitrogen and oxygen atoms in total. The maximum atomic E-state index is 13.5. The van der Waals surface area contributed by atoms with Crippen LogP contribution in [0.4, 0.5) is 17.6 Å². The molecule has 0 saturated heterocycles. The second-order valence-electron chi connectivity index (χ2n) is 4.69. The third-order valence-corrected chi connectivity index (χ3v) is 3.62. The molecule has 1 N–H and O–H groups in total. The average molecular weight is 312 g/mol. The van der Waals surface area contributed by atoms with Crippen LogP contribution >= 0.6 is 11.6 Å². The highest BCUT2D eigenvalue weighted by atomic mass is 35.5. The summed E-state index contributed by atoms with van der Waals surface area (Å²) >= 11 is 5.70. The quantitative estimate of drug-likeness (QED) is 0.661. The number of rotatable bonds is 4.